The van der Waals surface area contributed by atoms with Gasteiger partial charge in [0.25, 0.3) is 0 Å². The molecule has 0 aromatic rings. The monoisotopic (exact) mass is 441 g/mol. The van der Waals surface area contributed by atoms with Crippen LogP contribution in [0.25, 0.3) is 0 Å². The highest BCUT2D eigenvalue weighted by molar-refractivity contribution is 5.96. The number of nitrogens with zero attached hydrogens (tertiary/aromatic N) is 1. The third-order valence-electron chi connectivity index (χ3n) is 10.4. The van der Waals surface area contributed by atoms with Crippen LogP contribution in [0.3, 0.4) is 0 Å². The lowest BCUT2D eigenvalue weighted by Gasteiger charge is -2.57. The van der Waals surface area contributed by atoms with Gasteiger partial charge in [-0.15, -0.1) is 0 Å². The smallest absolute Gasteiger partial charge is 0.315 e. The highest BCUT2D eigenvalue weighted by Gasteiger charge is 2.84. The molecule has 5 heteroatoms. The first-order valence-electron chi connectivity index (χ1n) is 12.9. The summed E-state index contributed by atoms with van der Waals surface area (Å²) >= 11 is 0. The number of oxime groups is 1. The van der Waals surface area contributed by atoms with E-state index in [1.54, 1.807) is 0 Å². The Labute approximate surface area is 192 Å². The zero-order chi connectivity index (χ0) is 22.7. The van der Waals surface area contributed by atoms with E-state index in [0.29, 0.717) is 30.8 Å². The van der Waals surface area contributed by atoms with Gasteiger partial charge in [0.15, 0.2) is 0 Å². The lowest BCUT2D eigenvalue weighted by molar-refractivity contribution is -0.173. The van der Waals surface area contributed by atoms with Gasteiger partial charge in [0, 0.05) is 5.41 Å². The minimum atomic E-state index is -1.19. The van der Waals surface area contributed by atoms with Crippen LogP contribution in [0.15, 0.2) is 16.8 Å². The molecule has 4 bridgehead atoms. The van der Waals surface area contributed by atoms with Crippen LogP contribution in [0.4, 0.5) is 0 Å². The van der Waals surface area contributed by atoms with E-state index in [9.17, 15) is 14.7 Å². The Morgan fingerprint density at radius 3 is 2.59 bits per heavy atom. The minimum Gasteiger partial charge on any atom is -0.481 e. The van der Waals surface area contributed by atoms with E-state index in [1.165, 1.54) is 32.1 Å². The maximum Gasteiger partial charge on any atom is 0.315 e. The summed E-state index contributed by atoms with van der Waals surface area (Å²) in [6, 6.07) is 0. The van der Waals surface area contributed by atoms with E-state index in [4.69, 9.17) is 4.84 Å². The van der Waals surface area contributed by atoms with Crippen molar-refractivity contribution in [1.29, 1.82) is 0 Å². The number of allylic oxidation sites excluding steroid dienone is 1. The van der Waals surface area contributed by atoms with E-state index in [2.05, 4.69) is 32.0 Å². The predicted molar refractivity (Wildman–Crippen MR) is 123 cm³/mol. The van der Waals surface area contributed by atoms with E-state index in [1.807, 2.05) is 6.21 Å². The van der Waals surface area contributed by atoms with Crippen LogP contribution in [0.5, 0.6) is 0 Å². The summed E-state index contributed by atoms with van der Waals surface area (Å²) in [4.78, 5) is 32.1. The zero-order valence-electron chi connectivity index (χ0n) is 19.9. The van der Waals surface area contributed by atoms with Crippen LogP contribution in [0, 0.1) is 51.8 Å². The van der Waals surface area contributed by atoms with Gasteiger partial charge in [0.1, 0.15) is 18.3 Å². The average molecular weight is 442 g/mol. The van der Waals surface area contributed by atoms with Gasteiger partial charge in [-0.3, -0.25) is 4.79 Å². The molecule has 7 atom stereocenters. The van der Waals surface area contributed by atoms with Crippen molar-refractivity contribution in [3.05, 3.63) is 11.6 Å². The Morgan fingerprint density at radius 2 is 1.94 bits per heavy atom. The number of hydrogen-bond donors (Lipinski definition) is 1. The molecule has 5 rings (SSSR count). The van der Waals surface area contributed by atoms with Gasteiger partial charge in [0.05, 0.1) is 11.6 Å². The molecule has 0 spiro atoms. The topological polar surface area (TPSA) is 76.0 Å². The van der Waals surface area contributed by atoms with Gasteiger partial charge < -0.3 is 14.7 Å². The highest BCUT2D eigenvalue weighted by Crippen LogP contribution is 2.82. The van der Waals surface area contributed by atoms with Gasteiger partial charge in [-0.05, 0) is 67.6 Å². The first kappa shape index (κ1) is 22.2. The lowest BCUT2D eigenvalue weighted by atomic mass is 9.43. The van der Waals surface area contributed by atoms with Crippen molar-refractivity contribution in [2.75, 3.05) is 6.61 Å². The maximum atomic E-state index is 13.3. The van der Waals surface area contributed by atoms with Crippen LogP contribution in [0.2, 0.25) is 0 Å². The number of carbonyl (C=O) groups is 2. The summed E-state index contributed by atoms with van der Waals surface area (Å²) in [5, 5.41) is 15.4. The highest BCUT2D eigenvalue weighted by atomic mass is 16.6. The molecule has 5 aliphatic carbocycles. The van der Waals surface area contributed by atoms with Crippen LogP contribution in [-0.4, -0.2) is 30.2 Å². The second-order valence-electron chi connectivity index (χ2n) is 11.9. The molecule has 5 aliphatic rings. The van der Waals surface area contributed by atoms with Crippen molar-refractivity contribution >= 4 is 18.5 Å². The normalized spacial score (nSPS) is 45.3. The number of fused-ring (bicyclic) bond motifs is 2. The number of carbonyl (C=O) groups excluding carboxylic acids is 1. The van der Waals surface area contributed by atoms with E-state index in [0.717, 1.165) is 31.1 Å². The van der Waals surface area contributed by atoms with Crippen molar-refractivity contribution in [1.82, 2.24) is 0 Å². The van der Waals surface area contributed by atoms with Gasteiger partial charge in [-0.25, -0.2) is 0 Å². The Kier molecular flexibility index (Phi) is 5.33. The molecule has 0 amide bonds. The number of aliphatic carboxylic acids is 1. The van der Waals surface area contributed by atoms with Crippen molar-refractivity contribution in [2.24, 2.45) is 56.9 Å². The van der Waals surface area contributed by atoms with Gasteiger partial charge >= 0.3 is 5.97 Å². The molecule has 0 saturated heterocycles. The summed E-state index contributed by atoms with van der Waals surface area (Å²) in [5.74, 6) is 0.896. The summed E-state index contributed by atoms with van der Waals surface area (Å²) in [5.41, 5.74) is -1.74. The summed E-state index contributed by atoms with van der Waals surface area (Å²) in [6.45, 7) is 7.04. The van der Waals surface area contributed by atoms with Gasteiger partial charge in [0.2, 0.25) is 0 Å². The van der Waals surface area contributed by atoms with Crippen molar-refractivity contribution < 1.29 is 19.5 Å². The largest absolute Gasteiger partial charge is 0.481 e. The maximum absolute atomic E-state index is 13.3. The second-order valence-corrected chi connectivity index (χ2v) is 11.9. The number of carboxylic acid groups (broad SMARTS) is 1. The molecule has 0 aromatic carbocycles. The SMILES string of the molecule is CC(C)C1=C[C@H]2C[C@]3(C=O)[C@@H]4CC[C@@H](C)[C@H]4C[C@@]2(C=NOCC2CCCCC2)[C@]13C(=O)O. The molecule has 5 nitrogen and oxygen atoms in total. The minimum absolute atomic E-state index is 0.0426. The van der Waals surface area contributed by atoms with E-state index in [-0.39, 0.29) is 17.8 Å². The Morgan fingerprint density at radius 1 is 1.19 bits per heavy atom. The molecule has 176 valence electrons. The number of hydrogen-bond acceptors (Lipinski definition) is 4. The summed E-state index contributed by atoms with van der Waals surface area (Å²) in [6.07, 6.45) is 14.8. The third-order valence-corrected chi connectivity index (χ3v) is 10.4. The fourth-order valence-corrected chi connectivity index (χ4v) is 9.12. The fraction of sp³-hybridized carbons (Fsp3) is 0.815. The van der Waals surface area contributed by atoms with Crippen molar-refractivity contribution in [3.63, 3.8) is 0 Å². The number of aldehydes is 1. The van der Waals surface area contributed by atoms with Crippen molar-refractivity contribution in [2.45, 2.75) is 78.6 Å². The first-order valence-corrected chi connectivity index (χ1v) is 12.9. The summed E-state index contributed by atoms with van der Waals surface area (Å²) in [7, 11) is 0. The molecular formula is C27H39NO4. The molecule has 4 saturated carbocycles. The number of rotatable bonds is 7. The Balaban J connectivity index is 1.56. The standard InChI is InChI=1S/C27H39NO4/c1-17(2)23-11-20-12-26(16-29)22-10-9-18(3)21(22)13-25(20,27(23,26)24(30)31)15-28-32-14-19-7-5-4-6-8-19/h11,15-22H,4-10,12-14H2,1-3H3,(H,30,31)/t18-,20+,21-,22-,25+,26+,27-/m1/s1. The molecule has 0 heterocycles. The third kappa shape index (κ3) is 2.60. The van der Waals surface area contributed by atoms with Gasteiger partial charge in [-0.1, -0.05) is 63.3 Å². The van der Waals surface area contributed by atoms with E-state index >= 15 is 0 Å². The molecule has 0 aromatic heterocycles. The second kappa shape index (κ2) is 7.70. The fourth-order valence-electron chi connectivity index (χ4n) is 9.12. The van der Waals surface area contributed by atoms with Crippen molar-refractivity contribution in [3.8, 4) is 0 Å². The number of carboxylic acids is 1. The van der Waals surface area contributed by atoms with Crippen LogP contribution in [0.1, 0.15) is 78.6 Å². The Bertz CT molecular complexity index is 843. The van der Waals surface area contributed by atoms with Crippen LogP contribution < -0.4 is 0 Å². The predicted octanol–water partition coefficient (Wildman–Crippen LogP) is 5.49. The molecule has 4 fully saturated rings. The zero-order valence-corrected chi connectivity index (χ0v) is 19.9. The lowest BCUT2D eigenvalue weighted by Crippen LogP contribution is -2.63. The molecule has 32 heavy (non-hydrogen) atoms. The van der Waals surface area contributed by atoms with Crippen LogP contribution in [-0.2, 0) is 14.4 Å². The summed E-state index contributed by atoms with van der Waals surface area (Å²) < 4.78 is 0. The van der Waals surface area contributed by atoms with Gasteiger partial charge in [-0.2, -0.15) is 0 Å². The first-order chi connectivity index (χ1) is 15.3. The van der Waals surface area contributed by atoms with E-state index < -0.39 is 22.2 Å². The average Bonchev–Trinajstić information content (AvgIpc) is 3.35. The molecular weight excluding hydrogens is 402 g/mol. The quantitative estimate of drug-likeness (QED) is 0.245. The molecule has 0 aliphatic heterocycles. The van der Waals surface area contributed by atoms with Crippen LogP contribution >= 0.6 is 0 Å². The molecule has 1 N–H and O–H groups in total. The molecule has 0 radical (unpaired) electrons. The molecule has 0 unspecified atom stereocenters. The Hall–Kier alpha value is -1.65.